The molecule has 7 heteroatoms. The van der Waals surface area contributed by atoms with E-state index in [4.69, 9.17) is 21.6 Å². The van der Waals surface area contributed by atoms with E-state index < -0.39 is 0 Å². The van der Waals surface area contributed by atoms with E-state index >= 15 is 0 Å². The number of carbonyl (C=O) groups excluding carboxylic acids is 2. The zero-order valence-corrected chi connectivity index (χ0v) is 12.8. The van der Waals surface area contributed by atoms with Crippen LogP contribution in [0.25, 0.3) is 0 Å². The molecule has 1 aromatic carbocycles. The Labute approximate surface area is 133 Å². The number of ether oxygens (including phenoxy) is 1. The number of hydrogen-bond acceptors (Lipinski definition) is 5. The molecule has 0 spiro atoms. The van der Waals surface area contributed by atoms with Crippen molar-refractivity contribution in [2.75, 3.05) is 35.5 Å². The summed E-state index contributed by atoms with van der Waals surface area (Å²) in [4.78, 5) is 26.0. The second-order valence-electron chi connectivity index (χ2n) is 4.77. The first-order valence-electron chi connectivity index (χ1n) is 6.83. The van der Waals surface area contributed by atoms with E-state index in [9.17, 15) is 9.59 Å². The molecule has 0 radical (unpaired) electrons. The lowest BCUT2D eigenvalue weighted by atomic mass is 10.1. The molecule has 0 aromatic heterocycles. The third-order valence-corrected chi connectivity index (χ3v) is 3.61. The van der Waals surface area contributed by atoms with Crippen LogP contribution in [0.3, 0.4) is 0 Å². The Hall–Kier alpha value is -2.10. The summed E-state index contributed by atoms with van der Waals surface area (Å²) in [7, 11) is 0. The molecule has 0 fully saturated rings. The lowest BCUT2D eigenvalue weighted by Crippen LogP contribution is -2.34. The number of hydrogen-bond donors (Lipinski definition) is 0. The molecule has 2 rings (SSSR count). The SMILES string of the molecule is N#CCCN(C(=O)CCl)c1ccc2c(c1)COCN2CC=O. The van der Waals surface area contributed by atoms with Gasteiger partial charge in [0, 0.05) is 23.5 Å². The van der Waals surface area contributed by atoms with Crippen LogP contribution in [0.4, 0.5) is 11.4 Å². The van der Waals surface area contributed by atoms with Crippen LogP contribution in [0, 0.1) is 11.3 Å². The number of anilines is 2. The first-order chi connectivity index (χ1) is 10.7. The van der Waals surface area contributed by atoms with Crippen molar-refractivity contribution in [2.24, 2.45) is 0 Å². The summed E-state index contributed by atoms with van der Waals surface area (Å²) >= 11 is 5.64. The highest BCUT2D eigenvalue weighted by atomic mass is 35.5. The molecule has 0 atom stereocenters. The summed E-state index contributed by atoms with van der Waals surface area (Å²) in [6.07, 6.45) is 1.05. The number of rotatable bonds is 6. The van der Waals surface area contributed by atoms with Crippen molar-refractivity contribution in [2.45, 2.75) is 13.0 Å². The molecular weight excluding hydrogens is 306 g/mol. The smallest absolute Gasteiger partial charge is 0.241 e. The normalized spacial score (nSPS) is 13.2. The molecule has 1 heterocycles. The molecule has 0 saturated heterocycles. The predicted octanol–water partition coefficient (Wildman–Crippen LogP) is 1.67. The minimum atomic E-state index is -0.252. The number of nitrogens with zero attached hydrogens (tertiary/aromatic N) is 3. The maximum Gasteiger partial charge on any atom is 0.241 e. The van der Waals surface area contributed by atoms with Gasteiger partial charge in [-0.3, -0.25) is 4.79 Å². The van der Waals surface area contributed by atoms with Crippen molar-refractivity contribution in [1.29, 1.82) is 5.26 Å². The second kappa shape index (κ2) is 7.78. The number of aldehydes is 1. The van der Waals surface area contributed by atoms with E-state index in [2.05, 4.69) is 0 Å². The van der Waals surface area contributed by atoms with E-state index in [1.54, 1.807) is 6.07 Å². The quantitative estimate of drug-likeness (QED) is 0.588. The topological polar surface area (TPSA) is 73.6 Å². The maximum atomic E-state index is 11.9. The zero-order chi connectivity index (χ0) is 15.9. The van der Waals surface area contributed by atoms with Crippen molar-refractivity contribution >= 4 is 35.2 Å². The summed E-state index contributed by atoms with van der Waals surface area (Å²) < 4.78 is 5.45. The fourth-order valence-corrected chi connectivity index (χ4v) is 2.52. The Morgan fingerprint density at radius 2 is 2.36 bits per heavy atom. The van der Waals surface area contributed by atoms with Crippen LogP contribution < -0.4 is 9.80 Å². The fraction of sp³-hybridized carbons (Fsp3) is 0.400. The highest BCUT2D eigenvalue weighted by Gasteiger charge is 2.20. The third kappa shape index (κ3) is 3.56. The summed E-state index contributed by atoms with van der Waals surface area (Å²) in [5.41, 5.74) is 2.49. The second-order valence-corrected chi connectivity index (χ2v) is 5.03. The van der Waals surface area contributed by atoms with Crippen LogP contribution in [0.2, 0.25) is 0 Å². The molecule has 22 heavy (non-hydrogen) atoms. The Balaban J connectivity index is 2.30. The summed E-state index contributed by atoms with van der Waals surface area (Å²) in [5, 5.41) is 8.72. The standard InChI is InChI=1S/C15H16ClN3O3/c16-9-15(21)19(5-1-4-17)13-2-3-14-12(8-13)10-22-11-18(14)6-7-20/h2-3,7-8H,1,5-6,9-11H2. The fourth-order valence-electron chi connectivity index (χ4n) is 2.37. The molecule has 6 nitrogen and oxygen atoms in total. The highest BCUT2D eigenvalue weighted by molar-refractivity contribution is 6.29. The van der Waals surface area contributed by atoms with Gasteiger partial charge in [-0.2, -0.15) is 5.26 Å². The van der Waals surface area contributed by atoms with E-state index in [0.29, 0.717) is 25.6 Å². The molecule has 1 amide bonds. The maximum absolute atomic E-state index is 11.9. The van der Waals surface area contributed by atoms with Gasteiger partial charge in [0.25, 0.3) is 0 Å². The first kappa shape index (κ1) is 16.3. The number of nitriles is 1. The molecule has 0 saturated carbocycles. The van der Waals surface area contributed by atoms with E-state index in [0.717, 1.165) is 17.5 Å². The average Bonchev–Trinajstić information content (AvgIpc) is 2.55. The molecule has 0 bridgehead atoms. The van der Waals surface area contributed by atoms with Gasteiger partial charge >= 0.3 is 0 Å². The minimum Gasteiger partial charge on any atom is -0.356 e. The van der Waals surface area contributed by atoms with E-state index in [1.165, 1.54) is 4.90 Å². The molecule has 1 aliphatic heterocycles. The van der Waals surface area contributed by atoms with Crippen LogP contribution in [-0.2, 0) is 20.9 Å². The third-order valence-electron chi connectivity index (χ3n) is 3.38. The number of halogens is 1. The molecule has 1 aromatic rings. The van der Waals surface area contributed by atoms with Crippen LogP contribution in [0.15, 0.2) is 18.2 Å². The van der Waals surface area contributed by atoms with Crippen molar-refractivity contribution < 1.29 is 14.3 Å². The summed E-state index contributed by atoms with van der Waals surface area (Å²) in [6, 6.07) is 7.52. The van der Waals surface area contributed by atoms with E-state index in [1.807, 2.05) is 23.1 Å². The van der Waals surface area contributed by atoms with Crippen LogP contribution >= 0.6 is 11.6 Å². The van der Waals surface area contributed by atoms with Crippen molar-refractivity contribution in [3.63, 3.8) is 0 Å². The molecule has 1 aliphatic rings. The largest absolute Gasteiger partial charge is 0.356 e. The zero-order valence-electron chi connectivity index (χ0n) is 12.0. The molecule has 0 unspecified atom stereocenters. The summed E-state index contributed by atoms with van der Waals surface area (Å²) in [6.45, 7) is 1.33. The van der Waals surface area contributed by atoms with Gasteiger partial charge in [-0.1, -0.05) is 0 Å². The number of benzene rings is 1. The Morgan fingerprint density at radius 3 is 3.05 bits per heavy atom. The first-order valence-corrected chi connectivity index (χ1v) is 7.37. The van der Waals surface area contributed by atoms with Crippen LogP contribution in [0.1, 0.15) is 12.0 Å². The predicted molar refractivity (Wildman–Crippen MR) is 82.8 cm³/mol. The molecule has 116 valence electrons. The number of fused-ring (bicyclic) bond motifs is 1. The van der Waals surface area contributed by atoms with Gasteiger partial charge < -0.3 is 19.3 Å². The number of alkyl halides is 1. The van der Waals surface area contributed by atoms with Gasteiger partial charge in [-0.25, -0.2) is 0 Å². The van der Waals surface area contributed by atoms with Gasteiger partial charge in [0.1, 0.15) is 18.9 Å². The van der Waals surface area contributed by atoms with Gasteiger partial charge in [0.2, 0.25) is 5.91 Å². The lowest BCUT2D eigenvalue weighted by molar-refractivity contribution is -0.116. The Bertz CT molecular complexity index is 600. The van der Waals surface area contributed by atoms with Crippen molar-refractivity contribution in [1.82, 2.24) is 0 Å². The lowest BCUT2D eigenvalue weighted by Gasteiger charge is -2.31. The van der Waals surface area contributed by atoms with Crippen LogP contribution in [0.5, 0.6) is 0 Å². The number of amides is 1. The molecule has 0 N–H and O–H groups in total. The van der Waals surface area contributed by atoms with Gasteiger partial charge in [0.05, 0.1) is 25.6 Å². The molecule has 0 aliphatic carbocycles. The van der Waals surface area contributed by atoms with Gasteiger partial charge in [-0.05, 0) is 18.2 Å². The molecular formula is C15H16ClN3O3. The van der Waals surface area contributed by atoms with Crippen LogP contribution in [-0.4, -0.2) is 37.9 Å². The van der Waals surface area contributed by atoms with Gasteiger partial charge in [-0.15, -0.1) is 11.6 Å². The van der Waals surface area contributed by atoms with Crippen molar-refractivity contribution in [3.8, 4) is 6.07 Å². The number of carbonyl (C=O) groups is 2. The Morgan fingerprint density at radius 1 is 1.55 bits per heavy atom. The monoisotopic (exact) mass is 321 g/mol. The average molecular weight is 322 g/mol. The summed E-state index contributed by atoms with van der Waals surface area (Å²) in [5.74, 6) is -0.394. The Kier molecular flexibility index (Phi) is 5.75. The van der Waals surface area contributed by atoms with E-state index in [-0.39, 0.29) is 24.8 Å². The van der Waals surface area contributed by atoms with Gasteiger partial charge in [0.15, 0.2) is 0 Å². The minimum absolute atomic E-state index is 0.143. The highest BCUT2D eigenvalue weighted by Crippen LogP contribution is 2.30. The van der Waals surface area contributed by atoms with Crippen molar-refractivity contribution in [3.05, 3.63) is 23.8 Å².